The van der Waals surface area contributed by atoms with Crippen LogP contribution < -0.4 is 5.43 Å². The average molecular weight is 392 g/mol. The maximum Gasteiger partial charge on any atom is 0.286 e. The molecule has 4 rings (SSSR count). The van der Waals surface area contributed by atoms with E-state index in [4.69, 9.17) is 11.6 Å². The number of hydrazine groups is 1. The van der Waals surface area contributed by atoms with Crippen molar-refractivity contribution in [1.82, 2.24) is 15.4 Å². The van der Waals surface area contributed by atoms with Gasteiger partial charge in [0.05, 0.1) is 5.75 Å². The molecule has 1 aromatic heterocycles. The monoisotopic (exact) mass is 391 g/mol. The lowest BCUT2D eigenvalue weighted by atomic mass is 9.86. The summed E-state index contributed by atoms with van der Waals surface area (Å²) in [6, 6.07) is 5.50. The van der Waals surface area contributed by atoms with E-state index >= 15 is 0 Å². The van der Waals surface area contributed by atoms with Crippen LogP contribution in [0.2, 0.25) is 5.02 Å². The summed E-state index contributed by atoms with van der Waals surface area (Å²) in [5, 5.41) is 3.16. The van der Waals surface area contributed by atoms with E-state index in [1.54, 1.807) is 22.8 Å². The largest absolute Gasteiger partial charge is 0.350 e. The molecule has 2 unspecified atom stereocenters. The number of H-pyrrole nitrogens is 1. The molecule has 7 heteroatoms. The van der Waals surface area contributed by atoms with Gasteiger partial charge in [0.15, 0.2) is 0 Å². The molecule has 26 heavy (non-hydrogen) atoms. The van der Waals surface area contributed by atoms with Crippen LogP contribution in [0.25, 0.3) is 10.9 Å². The normalized spacial score (nSPS) is 26.0. The van der Waals surface area contributed by atoms with Crippen LogP contribution in [0.15, 0.2) is 18.2 Å². The number of aromatic amines is 1. The minimum Gasteiger partial charge on any atom is -0.350 e. The fourth-order valence-corrected chi connectivity index (χ4v) is 5.87. The summed E-state index contributed by atoms with van der Waals surface area (Å²) in [4.78, 5) is 28.3. The lowest BCUT2D eigenvalue weighted by Crippen LogP contribution is -2.56. The highest BCUT2D eigenvalue weighted by atomic mass is 35.5. The van der Waals surface area contributed by atoms with Crippen molar-refractivity contribution in [3.8, 4) is 0 Å². The Bertz CT molecular complexity index is 896. The number of aromatic nitrogens is 1. The predicted octanol–water partition coefficient (Wildman–Crippen LogP) is 4.26. The van der Waals surface area contributed by atoms with Crippen LogP contribution in [0.1, 0.15) is 48.7 Å². The number of carbonyl (C=O) groups is 2. The minimum absolute atomic E-state index is 0.0192. The summed E-state index contributed by atoms with van der Waals surface area (Å²) in [5.41, 5.74) is 5.08. The number of fused-ring (bicyclic) bond motifs is 1. The van der Waals surface area contributed by atoms with Gasteiger partial charge in [0.1, 0.15) is 10.6 Å². The van der Waals surface area contributed by atoms with Crippen molar-refractivity contribution in [3.05, 3.63) is 34.5 Å². The highest BCUT2D eigenvalue weighted by Gasteiger charge is 2.49. The number of hydrogen-bond acceptors (Lipinski definition) is 3. The number of rotatable bonds is 2. The van der Waals surface area contributed by atoms with Crippen LogP contribution in [-0.2, 0) is 4.79 Å². The van der Waals surface area contributed by atoms with E-state index in [9.17, 15) is 9.59 Å². The molecule has 2 heterocycles. The molecule has 1 spiro atoms. The summed E-state index contributed by atoms with van der Waals surface area (Å²) in [7, 11) is 0. The fourth-order valence-electron chi connectivity index (χ4n) is 4.21. The number of nitrogens with one attached hydrogen (secondary N) is 2. The van der Waals surface area contributed by atoms with Gasteiger partial charge in [0.25, 0.3) is 11.8 Å². The van der Waals surface area contributed by atoms with Crippen molar-refractivity contribution in [1.29, 1.82) is 0 Å². The van der Waals surface area contributed by atoms with Gasteiger partial charge in [-0.05, 0) is 55.9 Å². The van der Waals surface area contributed by atoms with Gasteiger partial charge in [-0.25, -0.2) is 5.01 Å². The molecule has 1 aliphatic carbocycles. The molecule has 0 bridgehead atoms. The minimum atomic E-state index is -0.298. The summed E-state index contributed by atoms with van der Waals surface area (Å²) < 4.78 is 0. The van der Waals surface area contributed by atoms with E-state index in [1.165, 1.54) is 6.42 Å². The highest BCUT2D eigenvalue weighted by Crippen LogP contribution is 2.47. The van der Waals surface area contributed by atoms with Crippen molar-refractivity contribution in [3.63, 3.8) is 0 Å². The summed E-state index contributed by atoms with van der Waals surface area (Å²) in [5.74, 6) is 0.685. The van der Waals surface area contributed by atoms with Crippen LogP contribution in [0.3, 0.4) is 0 Å². The molecule has 138 valence electrons. The maximum absolute atomic E-state index is 13.0. The Morgan fingerprint density at radius 2 is 2.27 bits per heavy atom. The molecule has 2 aromatic rings. The lowest BCUT2D eigenvalue weighted by molar-refractivity contribution is -0.134. The molecule has 1 aliphatic heterocycles. The van der Waals surface area contributed by atoms with E-state index in [1.807, 2.05) is 19.1 Å². The third-order valence-corrected chi connectivity index (χ3v) is 7.23. The third kappa shape index (κ3) is 2.89. The zero-order chi connectivity index (χ0) is 18.5. The van der Waals surface area contributed by atoms with Gasteiger partial charge in [-0.15, -0.1) is 11.8 Å². The van der Waals surface area contributed by atoms with Crippen molar-refractivity contribution in [2.45, 2.75) is 44.4 Å². The smallest absolute Gasteiger partial charge is 0.286 e. The zero-order valence-corrected chi connectivity index (χ0v) is 16.5. The molecule has 1 saturated heterocycles. The number of hydrogen-bond donors (Lipinski definition) is 2. The van der Waals surface area contributed by atoms with Crippen LogP contribution in [0.5, 0.6) is 0 Å². The summed E-state index contributed by atoms with van der Waals surface area (Å²) >= 11 is 7.75. The maximum atomic E-state index is 13.0. The highest BCUT2D eigenvalue weighted by molar-refractivity contribution is 8.01. The average Bonchev–Trinajstić information content (AvgIpc) is 3.07. The number of nitrogens with zero attached hydrogens (tertiary/aromatic N) is 1. The Morgan fingerprint density at radius 3 is 3.04 bits per heavy atom. The Balaban J connectivity index is 1.63. The lowest BCUT2D eigenvalue weighted by Gasteiger charge is -2.42. The van der Waals surface area contributed by atoms with Crippen LogP contribution >= 0.6 is 23.4 Å². The standard InChI is InChI=1S/C19H22ClN3O2S/c1-11-4-3-7-19(9-11)23(16(24)10-26-19)22-18(25)17-12(2)14-8-13(20)5-6-15(14)21-17/h5-6,8,11,21H,3-4,7,9-10H2,1-2H3,(H,22,25). The topological polar surface area (TPSA) is 65.2 Å². The number of halogens is 1. The first-order valence-corrected chi connectivity index (χ1v) is 10.3. The van der Waals surface area contributed by atoms with E-state index in [2.05, 4.69) is 17.3 Å². The van der Waals surface area contributed by atoms with Crippen LogP contribution in [0, 0.1) is 12.8 Å². The molecular formula is C19H22ClN3O2S. The molecule has 2 N–H and O–H groups in total. The second-order valence-electron chi connectivity index (χ2n) is 7.42. The van der Waals surface area contributed by atoms with Crippen molar-refractivity contribution < 1.29 is 9.59 Å². The number of aryl methyl sites for hydroxylation is 1. The second kappa shape index (κ2) is 6.50. The molecule has 2 atom stereocenters. The van der Waals surface area contributed by atoms with E-state index in [0.717, 1.165) is 35.7 Å². The molecule has 2 amide bonds. The van der Waals surface area contributed by atoms with E-state index < -0.39 is 0 Å². The van der Waals surface area contributed by atoms with Gasteiger partial charge in [-0.3, -0.25) is 15.0 Å². The Labute approximate surface area is 161 Å². The van der Waals surface area contributed by atoms with Gasteiger partial charge in [-0.1, -0.05) is 24.9 Å². The van der Waals surface area contributed by atoms with E-state index in [-0.39, 0.29) is 16.7 Å². The molecular weight excluding hydrogens is 370 g/mol. The Hall–Kier alpha value is -1.66. The van der Waals surface area contributed by atoms with Gasteiger partial charge in [0, 0.05) is 15.9 Å². The quantitative estimate of drug-likeness (QED) is 0.803. The van der Waals surface area contributed by atoms with Gasteiger partial charge < -0.3 is 4.98 Å². The Kier molecular flexibility index (Phi) is 4.43. The molecule has 2 fully saturated rings. The van der Waals surface area contributed by atoms with Crippen LogP contribution in [0.4, 0.5) is 0 Å². The molecule has 1 aromatic carbocycles. The van der Waals surface area contributed by atoms with Crippen LogP contribution in [-0.4, -0.2) is 32.4 Å². The molecule has 1 saturated carbocycles. The van der Waals surface area contributed by atoms with Gasteiger partial charge >= 0.3 is 0 Å². The summed E-state index contributed by atoms with van der Waals surface area (Å²) in [6.07, 6.45) is 4.11. The molecule has 2 aliphatic rings. The second-order valence-corrected chi connectivity index (χ2v) is 9.20. The van der Waals surface area contributed by atoms with E-state index in [0.29, 0.717) is 22.4 Å². The first-order chi connectivity index (χ1) is 12.4. The van der Waals surface area contributed by atoms with Crippen molar-refractivity contribution in [2.75, 3.05) is 5.75 Å². The van der Waals surface area contributed by atoms with Crippen molar-refractivity contribution >= 4 is 46.1 Å². The summed E-state index contributed by atoms with van der Waals surface area (Å²) in [6.45, 7) is 4.11. The van der Waals surface area contributed by atoms with Crippen molar-refractivity contribution in [2.24, 2.45) is 5.92 Å². The fraction of sp³-hybridized carbons (Fsp3) is 0.474. The number of benzene rings is 1. The Morgan fingerprint density at radius 1 is 1.46 bits per heavy atom. The SMILES string of the molecule is Cc1c(C(=O)NN2C(=O)CSC23CCCC(C)C3)[nH]c2ccc(Cl)cc12. The number of amides is 2. The van der Waals surface area contributed by atoms with Gasteiger partial charge in [0.2, 0.25) is 0 Å². The van der Waals surface area contributed by atoms with Gasteiger partial charge in [-0.2, -0.15) is 0 Å². The molecule has 5 nitrogen and oxygen atoms in total. The zero-order valence-electron chi connectivity index (χ0n) is 14.9. The number of thioether (sulfide) groups is 1. The predicted molar refractivity (Wildman–Crippen MR) is 105 cm³/mol. The first kappa shape index (κ1) is 17.7. The first-order valence-electron chi connectivity index (χ1n) is 8.95. The third-order valence-electron chi connectivity index (χ3n) is 5.51. The molecule has 0 radical (unpaired) electrons. The number of carbonyl (C=O) groups excluding carboxylic acids is 2.